The van der Waals surface area contributed by atoms with Gasteiger partial charge in [-0.05, 0) is 30.5 Å². The molecule has 0 bridgehead atoms. The van der Waals surface area contributed by atoms with E-state index < -0.39 is 5.82 Å². The number of nitrogens with two attached hydrogens (primary N) is 1. The zero-order valence-electron chi connectivity index (χ0n) is 8.25. The fourth-order valence-electron chi connectivity index (χ4n) is 1.84. The zero-order valence-corrected chi connectivity index (χ0v) is 9.01. The monoisotopic (exact) mass is 229 g/mol. The maximum Gasteiger partial charge on any atom is 0.141 e. The van der Waals surface area contributed by atoms with Crippen LogP contribution >= 0.6 is 11.6 Å². The molecule has 0 radical (unpaired) electrons. The van der Waals surface area contributed by atoms with Gasteiger partial charge in [0.05, 0.1) is 11.1 Å². The summed E-state index contributed by atoms with van der Waals surface area (Å²) in [7, 11) is 0. The Bertz CT molecular complexity index is 358. The molecule has 2 nitrogen and oxygen atoms in total. The fourth-order valence-corrected chi connectivity index (χ4v) is 2.03. The van der Waals surface area contributed by atoms with Gasteiger partial charge in [-0.2, -0.15) is 0 Å². The lowest BCUT2D eigenvalue weighted by Gasteiger charge is -2.29. The molecule has 4 heteroatoms. The molecule has 1 aliphatic rings. The van der Waals surface area contributed by atoms with Gasteiger partial charge in [0, 0.05) is 12.6 Å². The maximum absolute atomic E-state index is 13.0. The van der Waals surface area contributed by atoms with Crippen molar-refractivity contribution in [2.75, 3.05) is 6.61 Å². The van der Waals surface area contributed by atoms with E-state index in [4.69, 9.17) is 22.1 Å². The van der Waals surface area contributed by atoms with Crippen LogP contribution in [0.3, 0.4) is 0 Å². The number of benzene rings is 1. The molecule has 2 unspecified atom stereocenters. The van der Waals surface area contributed by atoms with Crippen molar-refractivity contribution in [3.05, 3.63) is 34.6 Å². The van der Waals surface area contributed by atoms with Gasteiger partial charge < -0.3 is 10.5 Å². The van der Waals surface area contributed by atoms with Gasteiger partial charge in [-0.15, -0.1) is 0 Å². The molecule has 1 heterocycles. The van der Waals surface area contributed by atoms with Crippen LogP contribution in [0.1, 0.15) is 24.5 Å². The predicted molar refractivity (Wildman–Crippen MR) is 57.3 cm³/mol. The number of ether oxygens (including phenoxy) is 1. The molecule has 15 heavy (non-hydrogen) atoms. The van der Waals surface area contributed by atoms with E-state index in [1.807, 2.05) is 0 Å². The summed E-state index contributed by atoms with van der Waals surface area (Å²) in [4.78, 5) is 0. The summed E-state index contributed by atoms with van der Waals surface area (Å²) in [5, 5.41) is 0.119. The summed E-state index contributed by atoms with van der Waals surface area (Å²) in [5.41, 5.74) is 6.79. The van der Waals surface area contributed by atoms with E-state index in [0.717, 1.165) is 18.4 Å². The Labute approximate surface area is 93.2 Å². The van der Waals surface area contributed by atoms with Gasteiger partial charge in [-0.3, -0.25) is 0 Å². The summed E-state index contributed by atoms with van der Waals surface area (Å²) in [5.74, 6) is -0.412. The van der Waals surface area contributed by atoms with Crippen LogP contribution in [-0.4, -0.2) is 12.6 Å². The first-order valence-electron chi connectivity index (χ1n) is 5.00. The molecule has 82 valence electrons. The van der Waals surface area contributed by atoms with E-state index in [1.54, 1.807) is 12.1 Å². The molecule has 1 aromatic rings. The van der Waals surface area contributed by atoms with Crippen molar-refractivity contribution in [2.45, 2.75) is 25.0 Å². The third-order valence-electron chi connectivity index (χ3n) is 2.64. The minimum absolute atomic E-state index is 0.0275. The highest BCUT2D eigenvalue weighted by atomic mass is 35.5. The van der Waals surface area contributed by atoms with Crippen molar-refractivity contribution in [3.63, 3.8) is 0 Å². The van der Waals surface area contributed by atoms with Gasteiger partial charge in [0.15, 0.2) is 0 Å². The minimum atomic E-state index is -0.412. The van der Waals surface area contributed by atoms with Gasteiger partial charge in [-0.25, -0.2) is 4.39 Å². The highest BCUT2D eigenvalue weighted by molar-refractivity contribution is 6.30. The summed E-state index contributed by atoms with van der Waals surface area (Å²) >= 11 is 5.71. The lowest BCUT2D eigenvalue weighted by atomic mass is 9.97. The molecule has 0 spiro atoms. The largest absolute Gasteiger partial charge is 0.372 e. The predicted octanol–water partition coefficient (Wildman–Crippen LogP) is 2.66. The number of hydrogen-bond acceptors (Lipinski definition) is 2. The molecule has 2 N–H and O–H groups in total. The lowest BCUT2D eigenvalue weighted by molar-refractivity contribution is 0.000117. The third-order valence-corrected chi connectivity index (χ3v) is 2.93. The van der Waals surface area contributed by atoms with Crippen LogP contribution in [0.15, 0.2) is 18.2 Å². The van der Waals surface area contributed by atoms with Crippen molar-refractivity contribution in [1.82, 2.24) is 0 Å². The molecule has 1 fully saturated rings. The van der Waals surface area contributed by atoms with E-state index in [9.17, 15) is 4.39 Å². The van der Waals surface area contributed by atoms with E-state index in [1.165, 1.54) is 6.07 Å². The van der Waals surface area contributed by atoms with Crippen LogP contribution in [0.4, 0.5) is 4.39 Å². The van der Waals surface area contributed by atoms with Crippen LogP contribution in [0, 0.1) is 5.82 Å². The molecule has 1 saturated heterocycles. The summed E-state index contributed by atoms with van der Waals surface area (Å²) in [6, 6.07) is 4.59. The van der Waals surface area contributed by atoms with Gasteiger partial charge >= 0.3 is 0 Å². The van der Waals surface area contributed by atoms with Crippen LogP contribution in [0.25, 0.3) is 0 Å². The highest BCUT2D eigenvalue weighted by Gasteiger charge is 2.24. The molecule has 2 rings (SSSR count). The molecule has 0 aromatic heterocycles. The van der Waals surface area contributed by atoms with Crippen LogP contribution in [0.5, 0.6) is 0 Å². The van der Waals surface area contributed by atoms with Crippen molar-refractivity contribution in [2.24, 2.45) is 5.73 Å². The molecule has 0 saturated carbocycles. The first-order chi connectivity index (χ1) is 7.18. The first-order valence-corrected chi connectivity index (χ1v) is 5.38. The first kappa shape index (κ1) is 10.9. The zero-order chi connectivity index (χ0) is 10.8. The Kier molecular flexibility index (Phi) is 3.24. The Morgan fingerprint density at radius 3 is 2.93 bits per heavy atom. The van der Waals surface area contributed by atoms with Crippen molar-refractivity contribution >= 4 is 11.6 Å². The van der Waals surface area contributed by atoms with Crippen LogP contribution < -0.4 is 5.73 Å². The van der Waals surface area contributed by atoms with Crippen LogP contribution in [-0.2, 0) is 4.74 Å². The summed E-state index contributed by atoms with van der Waals surface area (Å²) in [6.45, 7) is 0.702. The van der Waals surface area contributed by atoms with Gasteiger partial charge in [0.1, 0.15) is 5.82 Å². The fraction of sp³-hybridized carbons (Fsp3) is 0.455. The van der Waals surface area contributed by atoms with E-state index in [-0.39, 0.29) is 17.2 Å². The average molecular weight is 230 g/mol. The van der Waals surface area contributed by atoms with Crippen molar-refractivity contribution < 1.29 is 9.13 Å². The topological polar surface area (TPSA) is 35.2 Å². The standard InChI is InChI=1S/C11H13ClFNO/c12-8-6-7(3-4-9(8)13)11-10(14)2-1-5-15-11/h3-4,6,10-11H,1-2,5,14H2. The molecule has 0 aliphatic carbocycles. The molecular formula is C11H13ClFNO. The van der Waals surface area contributed by atoms with Gasteiger partial charge in [0.2, 0.25) is 0 Å². The third kappa shape index (κ3) is 2.30. The molecule has 1 aromatic carbocycles. The highest BCUT2D eigenvalue weighted by Crippen LogP contribution is 2.29. The lowest BCUT2D eigenvalue weighted by Crippen LogP contribution is -2.34. The average Bonchev–Trinajstić information content (AvgIpc) is 2.23. The summed E-state index contributed by atoms with van der Waals surface area (Å²) < 4.78 is 18.5. The van der Waals surface area contributed by atoms with Crippen LogP contribution in [0.2, 0.25) is 5.02 Å². The second kappa shape index (κ2) is 4.47. The van der Waals surface area contributed by atoms with Gasteiger partial charge in [-0.1, -0.05) is 17.7 Å². The normalized spacial score (nSPS) is 26.6. The van der Waals surface area contributed by atoms with Gasteiger partial charge in [0.25, 0.3) is 0 Å². The Balaban J connectivity index is 2.24. The smallest absolute Gasteiger partial charge is 0.141 e. The van der Waals surface area contributed by atoms with E-state index in [0.29, 0.717) is 6.61 Å². The van der Waals surface area contributed by atoms with E-state index >= 15 is 0 Å². The quantitative estimate of drug-likeness (QED) is 0.804. The van der Waals surface area contributed by atoms with E-state index in [2.05, 4.69) is 0 Å². The number of hydrogen-bond donors (Lipinski definition) is 1. The Hall–Kier alpha value is -0.640. The van der Waals surface area contributed by atoms with Crippen molar-refractivity contribution in [3.8, 4) is 0 Å². The molecule has 2 atom stereocenters. The summed E-state index contributed by atoms with van der Waals surface area (Å²) in [6.07, 6.45) is 1.75. The maximum atomic E-state index is 13.0. The SMILES string of the molecule is NC1CCCOC1c1ccc(F)c(Cl)c1. The second-order valence-corrected chi connectivity index (χ2v) is 4.18. The number of halogens is 2. The van der Waals surface area contributed by atoms with Crippen molar-refractivity contribution in [1.29, 1.82) is 0 Å². The second-order valence-electron chi connectivity index (χ2n) is 3.77. The molecular weight excluding hydrogens is 217 g/mol. The Morgan fingerprint density at radius 2 is 2.27 bits per heavy atom. The number of rotatable bonds is 1. The Morgan fingerprint density at radius 1 is 1.47 bits per heavy atom. The minimum Gasteiger partial charge on any atom is -0.372 e. The molecule has 1 aliphatic heterocycles. The molecule has 0 amide bonds.